The lowest BCUT2D eigenvalue weighted by molar-refractivity contribution is -0.186. The molecule has 1 saturated carbocycles. The minimum absolute atomic E-state index is 0.111. The molecule has 0 N–H and O–H groups in total. The van der Waals surface area contributed by atoms with Crippen molar-refractivity contribution in [3.8, 4) is 0 Å². The second-order valence-electron chi connectivity index (χ2n) is 5.96. The molecule has 3 heteroatoms. The number of esters is 1. The van der Waals surface area contributed by atoms with E-state index in [1.807, 2.05) is 0 Å². The van der Waals surface area contributed by atoms with Crippen molar-refractivity contribution in [3.05, 3.63) is 0 Å². The molecule has 0 aromatic heterocycles. The zero-order chi connectivity index (χ0) is 12.4. The molecule has 0 bridgehead atoms. The van der Waals surface area contributed by atoms with E-state index in [4.69, 9.17) is 9.47 Å². The van der Waals surface area contributed by atoms with Crippen LogP contribution in [-0.2, 0) is 14.3 Å². The standard InChI is InChI=1S/C14H24O3/c1-9(2)11-5-4-10(3)8-12(11)16-14-7-6-13(15)17-14/h9-12,14H,4-8H2,1-3H3/t10?,11?,12?,14-/m1/s1. The molecule has 0 spiro atoms. The van der Waals surface area contributed by atoms with Gasteiger partial charge in [0.1, 0.15) is 0 Å². The predicted octanol–water partition coefficient (Wildman–Crippen LogP) is 3.13. The van der Waals surface area contributed by atoms with Crippen LogP contribution in [0, 0.1) is 17.8 Å². The summed E-state index contributed by atoms with van der Waals surface area (Å²) in [5, 5.41) is 0. The van der Waals surface area contributed by atoms with E-state index in [-0.39, 0.29) is 18.4 Å². The molecule has 2 rings (SSSR count). The number of hydrogen-bond acceptors (Lipinski definition) is 3. The summed E-state index contributed by atoms with van der Waals surface area (Å²) in [7, 11) is 0. The van der Waals surface area contributed by atoms with Gasteiger partial charge in [0, 0.05) is 6.42 Å². The molecule has 0 aromatic carbocycles. The van der Waals surface area contributed by atoms with Gasteiger partial charge in [0.15, 0.2) is 0 Å². The third-order valence-electron chi connectivity index (χ3n) is 4.13. The summed E-state index contributed by atoms with van der Waals surface area (Å²) in [5.41, 5.74) is 0. The topological polar surface area (TPSA) is 35.5 Å². The predicted molar refractivity (Wildman–Crippen MR) is 65.3 cm³/mol. The summed E-state index contributed by atoms with van der Waals surface area (Å²) in [6.07, 6.45) is 4.89. The Balaban J connectivity index is 1.92. The summed E-state index contributed by atoms with van der Waals surface area (Å²) in [6.45, 7) is 6.81. The van der Waals surface area contributed by atoms with Gasteiger partial charge in [-0.3, -0.25) is 4.79 Å². The van der Waals surface area contributed by atoms with Crippen LogP contribution < -0.4 is 0 Å². The summed E-state index contributed by atoms with van der Waals surface area (Å²) in [6, 6.07) is 0. The molecule has 98 valence electrons. The molecule has 2 aliphatic rings. The van der Waals surface area contributed by atoms with Crippen LogP contribution in [0.15, 0.2) is 0 Å². The third-order valence-corrected chi connectivity index (χ3v) is 4.13. The normalized spacial score (nSPS) is 38.5. The van der Waals surface area contributed by atoms with E-state index in [0.29, 0.717) is 18.3 Å². The van der Waals surface area contributed by atoms with Crippen molar-refractivity contribution < 1.29 is 14.3 Å². The quantitative estimate of drug-likeness (QED) is 0.711. The van der Waals surface area contributed by atoms with E-state index in [0.717, 1.165) is 18.8 Å². The van der Waals surface area contributed by atoms with E-state index in [9.17, 15) is 4.79 Å². The van der Waals surface area contributed by atoms with Gasteiger partial charge in [-0.2, -0.15) is 0 Å². The first-order chi connectivity index (χ1) is 8.06. The highest BCUT2D eigenvalue weighted by Gasteiger charge is 2.35. The Kier molecular flexibility index (Phi) is 4.08. The van der Waals surface area contributed by atoms with Gasteiger partial charge >= 0.3 is 5.97 Å². The van der Waals surface area contributed by atoms with Gasteiger partial charge in [0.25, 0.3) is 0 Å². The van der Waals surface area contributed by atoms with E-state index in [1.54, 1.807) is 0 Å². The Morgan fingerprint density at radius 3 is 2.65 bits per heavy atom. The van der Waals surface area contributed by atoms with Crippen LogP contribution in [0.4, 0.5) is 0 Å². The van der Waals surface area contributed by atoms with E-state index < -0.39 is 0 Å². The monoisotopic (exact) mass is 240 g/mol. The molecule has 3 nitrogen and oxygen atoms in total. The van der Waals surface area contributed by atoms with Crippen molar-refractivity contribution in [1.82, 2.24) is 0 Å². The van der Waals surface area contributed by atoms with Crippen LogP contribution >= 0.6 is 0 Å². The number of carbonyl (C=O) groups excluding carboxylic acids is 1. The summed E-state index contributed by atoms with van der Waals surface area (Å²) in [5.74, 6) is 1.88. The van der Waals surface area contributed by atoms with Crippen LogP contribution in [0.25, 0.3) is 0 Å². The molecule has 0 amide bonds. The van der Waals surface area contributed by atoms with E-state index in [1.165, 1.54) is 12.8 Å². The second-order valence-corrected chi connectivity index (χ2v) is 5.96. The lowest BCUT2D eigenvalue weighted by Gasteiger charge is -2.38. The fourth-order valence-corrected chi connectivity index (χ4v) is 3.06. The first-order valence-electron chi connectivity index (χ1n) is 6.91. The zero-order valence-corrected chi connectivity index (χ0v) is 11.1. The number of hydrogen-bond donors (Lipinski definition) is 0. The van der Waals surface area contributed by atoms with Crippen molar-refractivity contribution >= 4 is 5.97 Å². The molecular weight excluding hydrogens is 216 g/mol. The first kappa shape index (κ1) is 12.9. The maximum atomic E-state index is 11.1. The highest BCUT2D eigenvalue weighted by molar-refractivity contribution is 5.71. The highest BCUT2D eigenvalue weighted by atomic mass is 16.7. The smallest absolute Gasteiger partial charge is 0.308 e. The Morgan fingerprint density at radius 1 is 1.29 bits per heavy atom. The van der Waals surface area contributed by atoms with Gasteiger partial charge in [-0.25, -0.2) is 0 Å². The maximum Gasteiger partial charge on any atom is 0.308 e. The Hall–Kier alpha value is -0.570. The van der Waals surface area contributed by atoms with E-state index >= 15 is 0 Å². The van der Waals surface area contributed by atoms with E-state index in [2.05, 4.69) is 20.8 Å². The molecule has 1 heterocycles. The highest BCUT2D eigenvalue weighted by Crippen LogP contribution is 2.36. The zero-order valence-electron chi connectivity index (χ0n) is 11.1. The van der Waals surface area contributed by atoms with Crippen molar-refractivity contribution in [2.75, 3.05) is 0 Å². The molecule has 2 fully saturated rings. The minimum Gasteiger partial charge on any atom is -0.436 e. The van der Waals surface area contributed by atoms with Gasteiger partial charge in [0.2, 0.25) is 6.29 Å². The molecular formula is C14H24O3. The third kappa shape index (κ3) is 3.21. The van der Waals surface area contributed by atoms with Gasteiger partial charge in [-0.1, -0.05) is 27.2 Å². The maximum absolute atomic E-state index is 11.1. The molecule has 4 atom stereocenters. The molecule has 1 aliphatic carbocycles. The lowest BCUT2D eigenvalue weighted by atomic mass is 9.75. The van der Waals surface area contributed by atoms with Gasteiger partial charge in [-0.05, 0) is 30.6 Å². The van der Waals surface area contributed by atoms with Crippen LogP contribution in [0.1, 0.15) is 52.9 Å². The SMILES string of the molecule is CC1CCC(C(C)C)C(O[C@H]2CCC(=O)O2)C1. The average molecular weight is 240 g/mol. The average Bonchev–Trinajstić information content (AvgIpc) is 2.63. The van der Waals surface area contributed by atoms with Crippen molar-refractivity contribution in [1.29, 1.82) is 0 Å². The van der Waals surface area contributed by atoms with Gasteiger partial charge in [-0.15, -0.1) is 0 Å². The summed E-state index contributed by atoms with van der Waals surface area (Å²) >= 11 is 0. The van der Waals surface area contributed by atoms with Crippen molar-refractivity contribution in [3.63, 3.8) is 0 Å². The van der Waals surface area contributed by atoms with Crippen LogP contribution in [0.3, 0.4) is 0 Å². The lowest BCUT2D eigenvalue weighted by Crippen LogP contribution is -2.37. The van der Waals surface area contributed by atoms with Crippen LogP contribution in [0.2, 0.25) is 0 Å². The number of ether oxygens (including phenoxy) is 2. The summed E-state index contributed by atoms with van der Waals surface area (Å²) < 4.78 is 11.2. The molecule has 1 saturated heterocycles. The van der Waals surface area contributed by atoms with Gasteiger partial charge < -0.3 is 9.47 Å². The Morgan fingerprint density at radius 2 is 2.06 bits per heavy atom. The van der Waals surface area contributed by atoms with Crippen LogP contribution in [0.5, 0.6) is 0 Å². The fourth-order valence-electron chi connectivity index (χ4n) is 3.06. The first-order valence-corrected chi connectivity index (χ1v) is 6.91. The number of cyclic esters (lactones) is 1. The molecule has 3 unspecified atom stereocenters. The summed E-state index contributed by atoms with van der Waals surface area (Å²) in [4.78, 5) is 11.1. The molecule has 17 heavy (non-hydrogen) atoms. The molecule has 0 aromatic rings. The second kappa shape index (κ2) is 5.38. The molecule has 1 aliphatic heterocycles. The number of carbonyl (C=O) groups is 1. The largest absolute Gasteiger partial charge is 0.436 e. The number of rotatable bonds is 3. The minimum atomic E-state index is -0.279. The Labute approximate surface area is 104 Å². The fraction of sp³-hybridized carbons (Fsp3) is 0.929. The van der Waals surface area contributed by atoms with Crippen molar-refractivity contribution in [2.24, 2.45) is 17.8 Å². The van der Waals surface area contributed by atoms with Crippen molar-refractivity contribution in [2.45, 2.75) is 65.3 Å². The van der Waals surface area contributed by atoms with Gasteiger partial charge in [0.05, 0.1) is 12.5 Å². The van der Waals surface area contributed by atoms with Crippen LogP contribution in [-0.4, -0.2) is 18.4 Å². The Bertz CT molecular complexity index is 275. The molecule has 0 radical (unpaired) electrons.